The molecular formula is C20H24N2O4S. The van der Waals surface area contributed by atoms with Crippen molar-refractivity contribution in [3.05, 3.63) is 54.1 Å². The average Bonchev–Trinajstić information content (AvgIpc) is 3.08. The van der Waals surface area contributed by atoms with Gasteiger partial charge in [-0.15, -0.1) is 0 Å². The molecule has 1 aliphatic rings. The van der Waals surface area contributed by atoms with Crippen LogP contribution in [0.3, 0.4) is 0 Å². The lowest BCUT2D eigenvalue weighted by Gasteiger charge is -2.33. The van der Waals surface area contributed by atoms with Crippen molar-refractivity contribution >= 4 is 27.3 Å². The maximum absolute atomic E-state index is 13.3. The van der Waals surface area contributed by atoms with Gasteiger partial charge in [0.1, 0.15) is 11.8 Å². The van der Waals surface area contributed by atoms with E-state index in [9.17, 15) is 13.2 Å². The Bertz CT molecular complexity index is 943. The van der Waals surface area contributed by atoms with Crippen LogP contribution in [0.1, 0.15) is 18.9 Å². The molecule has 1 amide bonds. The predicted molar refractivity (Wildman–Crippen MR) is 107 cm³/mol. The number of carbonyl (C=O) groups is 1. The number of anilines is 2. The van der Waals surface area contributed by atoms with Crippen LogP contribution in [0.2, 0.25) is 0 Å². The van der Waals surface area contributed by atoms with E-state index < -0.39 is 16.1 Å². The van der Waals surface area contributed by atoms with Crippen LogP contribution in [0, 0.1) is 0 Å². The summed E-state index contributed by atoms with van der Waals surface area (Å²) in [6.07, 6.45) is 2.26. The van der Waals surface area contributed by atoms with Crippen molar-refractivity contribution in [2.45, 2.75) is 25.8 Å². The Labute approximate surface area is 160 Å². The topological polar surface area (TPSA) is 66.9 Å². The quantitative estimate of drug-likeness (QED) is 0.763. The number of methoxy groups -OCH3 is 1. The SMILES string of the molecule is CC[C@H](C(=O)N1CCc2ccccc21)N(c1cccc(OC)c1)S(C)(=O)=O. The minimum absolute atomic E-state index is 0.212. The predicted octanol–water partition coefficient (Wildman–Crippen LogP) is 2.83. The summed E-state index contributed by atoms with van der Waals surface area (Å²) in [7, 11) is -2.15. The Morgan fingerprint density at radius 2 is 1.96 bits per heavy atom. The van der Waals surface area contributed by atoms with E-state index in [1.807, 2.05) is 31.2 Å². The second-order valence-electron chi connectivity index (χ2n) is 6.55. The first-order valence-corrected chi connectivity index (χ1v) is 10.7. The summed E-state index contributed by atoms with van der Waals surface area (Å²) in [5.74, 6) is 0.325. The lowest BCUT2D eigenvalue weighted by molar-refractivity contribution is -0.119. The van der Waals surface area contributed by atoms with Crippen LogP contribution < -0.4 is 13.9 Å². The van der Waals surface area contributed by atoms with Crippen LogP contribution in [-0.4, -0.2) is 40.3 Å². The van der Waals surface area contributed by atoms with Gasteiger partial charge in [-0.05, 0) is 36.6 Å². The number of amides is 1. The fourth-order valence-electron chi connectivity index (χ4n) is 3.54. The third-order valence-electron chi connectivity index (χ3n) is 4.77. The minimum atomic E-state index is -3.68. The van der Waals surface area contributed by atoms with Gasteiger partial charge in [0.25, 0.3) is 5.91 Å². The molecule has 0 aromatic heterocycles. The third kappa shape index (κ3) is 3.78. The van der Waals surface area contributed by atoms with Gasteiger partial charge in [-0.3, -0.25) is 9.10 Å². The number of benzene rings is 2. The van der Waals surface area contributed by atoms with Gasteiger partial charge in [-0.25, -0.2) is 8.42 Å². The first kappa shape index (κ1) is 19.2. The van der Waals surface area contributed by atoms with Crippen molar-refractivity contribution in [3.63, 3.8) is 0 Å². The highest BCUT2D eigenvalue weighted by atomic mass is 32.2. The number of hydrogen-bond donors (Lipinski definition) is 0. The second kappa shape index (κ2) is 7.60. The van der Waals surface area contributed by atoms with Crippen molar-refractivity contribution in [1.82, 2.24) is 0 Å². The zero-order chi connectivity index (χ0) is 19.6. The van der Waals surface area contributed by atoms with Crippen LogP contribution in [0.5, 0.6) is 5.75 Å². The second-order valence-corrected chi connectivity index (χ2v) is 8.41. The zero-order valence-electron chi connectivity index (χ0n) is 15.8. The summed E-state index contributed by atoms with van der Waals surface area (Å²) in [5, 5.41) is 0. The highest BCUT2D eigenvalue weighted by Crippen LogP contribution is 2.31. The van der Waals surface area contributed by atoms with Crippen LogP contribution in [0.25, 0.3) is 0 Å². The normalized spacial score (nSPS) is 14.6. The number of hydrogen-bond acceptors (Lipinski definition) is 4. The molecule has 0 N–H and O–H groups in total. The zero-order valence-corrected chi connectivity index (χ0v) is 16.6. The smallest absolute Gasteiger partial charge is 0.250 e. The van der Waals surface area contributed by atoms with E-state index in [2.05, 4.69) is 0 Å². The molecule has 0 bridgehead atoms. The number of para-hydroxylation sites is 1. The Balaban J connectivity index is 2.01. The van der Waals surface area contributed by atoms with E-state index in [4.69, 9.17) is 4.74 Å². The minimum Gasteiger partial charge on any atom is -0.497 e. The molecular weight excluding hydrogens is 364 g/mol. The van der Waals surface area contributed by atoms with Crippen molar-refractivity contribution in [2.24, 2.45) is 0 Å². The Kier molecular flexibility index (Phi) is 5.41. The number of fused-ring (bicyclic) bond motifs is 1. The van der Waals surface area contributed by atoms with E-state index in [1.54, 1.807) is 29.2 Å². The first-order valence-electron chi connectivity index (χ1n) is 8.89. The molecule has 0 unspecified atom stereocenters. The van der Waals surface area contributed by atoms with Crippen LogP contribution >= 0.6 is 0 Å². The van der Waals surface area contributed by atoms with Gasteiger partial charge in [0.15, 0.2) is 0 Å². The standard InChI is InChI=1S/C20H24N2O4S/c1-4-18(20(23)21-13-12-15-8-5-6-11-19(15)21)22(27(3,24)25)16-9-7-10-17(14-16)26-2/h5-11,14,18H,4,12-13H2,1-3H3/t18-/m1/s1. The lowest BCUT2D eigenvalue weighted by Crippen LogP contribution is -2.50. The fraction of sp³-hybridized carbons (Fsp3) is 0.350. The largest absolute Gasteiger partial charge is 0.497 e. The molecule has 0 saturated heterocycles. The van der Waals surface area contributed by atoms with Crippen LogP contribution in [0.4, 0.5) is 11.4 Å². The Morgan fingerprint density at radius 1 is 1.22 bits per heavy atom. The molecule has 6 nitrogen and oxygen atoms in total. The Hall–Kier alpha value is -2.54. The maximum Gasteiger partial charge on any atom is 0.250 e. The van der Waals surface area contributed by atoms with Gasteiger partial charge in [-0.2, -0.15) is 0 Å². The highest BCUT2D eigenvalue weighted by Gasteiger charge is 2.36. The molecule has 1 heterocycles. The summed E-state index contributed by atoms with van der Waals surface area (Å²) >= 11 is 0. The van der Waals surface area contributed by atoms with Gasteiger partial charge >= 0.3 is 0 Å². The third-order valence-corrected chi connectivity index (χ3v) is 5.95. The van der Waals surface area contributed by atoms with E-state index >= 15 is 0 Å². The van der Waals surface area contributed by atoms with Crippen molar-refractivity contribution in [2.75, 3.05) is 29.1 Å². The number of carbonyl (C=O) groups excluding carboxylic acids is 1. The maximum atomic E-state index is 13.3. The molecule has 0 spiro atoms. The molecule has 0 aliphatic carbocycles. The molecule has 27 heavy (non-hydrogen) atoms. The Morgan fingerprint density at radius 3 is 2.63 bits per heavy atom. The van der Waals surface area contributed by atoms with Gasteiger partial charge in [0, 0.05) is 18.3 Å². The summed E-state index contributed by atoms with van der Waals surface area (Å²) in [5.41, 5.74) is 2.39. The molecule has 2 aromatic rings. The van der Waals surface area contributed by atoms with Gasteiger partial charge < -0.3 is 9.64 Å². The molecule has 2 aromatic carbocycles. The summed E-state index contributed by atoms with van der Waals surface area (Å²) in [4.78, 5) is 15.0. The summed E-state index contributed by atoms with van der Waals surface area (Å²) in [6, 6.07) is 13.7. The van der Waals surface area contributed by atoms with E-state index in [0.29, 0.717) is 24.4 Å². The molecule has 7 heteroatoms. The number of nitrogens with zero attached hydrogens (tertiary/aromatic N) is 2. The monoisotopic (exact) mass is 388 g/mol. The van der Waals surface area contributed by atoms with Crippen molar-refractivity contribution in [3.8, 4) is 5.75 Å². The highest BCUT2D eigenvalue weighted by molar-refractivity contribution is 7.92. The summed E-state index contributed by atoms with van der Waals surface area (Å²) < 4.78 is 31.7. The summed E-state index contributed by atoms with van der Waals surface area (Å²) in [6.45, 7) is 2.38. The molecule has 1 aliphatic heterocycles. The van der Waals surface area contributed by atoms with Gasteiger partial charge in [0.2, 0.25) is 10.0 Å². The van der Waals surface area contributed by atoms with E-state index in [1.165, 1.54) is 11.4 Å². The number of rotatable bonds is 6. The van der Waals surface area contributed by atoms with Crippen LogP contribution in [-0.2, 0) is 21.2 Å². The number of ether oxygens (including phenoxy) is 1. The molecule has 0 fully saturated rings. The van der Waals surface area contributed by atoms with Crippen molar-refractivity contribution < 1.29 is 17.9 Å². The molecule has 1 atom stereocenters. The fourth-order valence-corrected chi connectivity index (χ4v) is 4.74. The molecule has 144 valence electrons. The van der Waals surface area contributed by atoms with Crippen LogP contribution in [0.15, 0.2) is 48.5 Å². The van der Waals surface area contributed by atoms with Crippen molar-refractivity contribution in [1.29, 1.82) is 0 Å². The molecule has 0 radical (unpaired) electrons. The molecule has 3 rings (SSSR count). The van der Waals surface area contributed by atoms with E-state index in [-0.39, 0.29) is 5.91 Å². The first-order chi connectivity index (χ1) is 12.9. The van der Waals surface area contributed by atoms with E-state index in [0.717, 1.165) is 23.9 Å². The molecule has 0 saturated carbocycles. The lowest BCUT2D eigenvalue weighted by atomic mass is 10.1. The number of sulfonamides is 1. The average molecular weight is 388 g/mol. The van der Waals surface area contributed by atoms with Gasteiger partial charge in [-0.1, -0.05) is 31.2 Å². The van der Waals surface area contributed by atoms with Gasteiger partial charge in [0.05, 0.1) is 19.1 Å².